The minimum absolute atomic E-state index is 0.560. The molecule has 156 valence electrons. The molecule has 0 saturated carbocycles. The highest BCUT2D eigenvalue weighted by molar-refractivity contribution is 5.97. The van der Waals surface area contributed by atoms with Gasteiger partial charge >= 0.3 is 0 Å². The van der Waals surface area contributed by atoms with Gasteiger partial charge in [-0.2, -0.15) is 0 Å². The molecule has 5 heteroatoms. The van der Waals surface area contributed by atoms with E-state index in [4.69, 9.17) is 10.7 Å². The fraction of sp³-hybridized carbons (Fsp3) is 0.417. The van der Waals surface area contributed by atoms with Crippen LogP contribution in [-0.2, 0) is 0 Å². The average Bonchev–Trinajstić information content (AvgIpc) is 2.71. The maximum Gasteiger partial charge on any atom is 0.107 e. The molecule has 29 heavy (non-hydrogen) atoms. The summed E-state index contributed by atoms with van der Waals surface area (Å²) >= 11 is 0. The van der Waals surface area contributed by atoms with Gasteiger partial charge < -0.3 is 16.4 Å². The van der Waals surface area contributed by atoms with Crippen molar-refractivity contribution in [2.24, 2.45) is 15.7 Å². The van der Waals surface area contributed by atoms with Gasteiger partial charge in [-0.05, 0) is 76.8 Å². The molecule has 1 heterocycles. The van der Waals surface area contributed by atoms with E-state index < -0.39 is 0 Å². The topological polar surface area (TPSA) is 74.8 Å². The zero-order valence-electron chi connectivity index (χ0n) is 18.5. The molecule has 0 unspecified atom stereocenters. The van der Waals surface area contributed by atoms with Crippen LogP contribution in [-0.4, -0.2) is 11.7 Å². The van der Waals surface area contributed by atoms with E-state index in [1.807, 2.05) is 13.8 Å². The van der Waals surface area contributed by atoms with E-state index in [9.17, 15) is 0 Å². The molecular weight excluding hydrogens is 358 g/mol. The number of nitrogens with one attached hydrogen (secondary N) is 2. The normalized spacial score (nSPS) is 16.0. The van der Waals surface area contributed by atoms with E-state index in [1.54, 1.807) is 6.92 Å². The molecule has 0 radical (unpaired) electrons. The van der Waals surface area contributed by atoms with Crippen molar-refractivity contribution in [1.29, 1.82) is 0 Å². The first kappa shape index (κ1) is 22.5. The molecule has 4 N–H and O–H groups in total. The Hall–Kier alpha value is -2.82. The SMILES string of the molecule is C/C=C(\CCCC)Nc1ccc(NC2=NC(/C(C)=C(\C)N=C(C)N)=CCC2)cc1. The van der Waals surface area contributed by atoms with E-state index in [0.717, 1.165) is 53.4 Å². The van der Waals surface area contributed by atoms with Crippen molar-refractivity contribution >= 4 is 23.0 Å². The second kappa shape index (κ2) is 11.2. The fourth-order valence-corrected chi connectivity index (χ4v) is 3.09. The van der Waals surface area contributed by atoms with Gasteiger partial charge in [0.1, 0.15) is 5.84 Å². The second-order valence-corrected chi connectivity index (χ2v) is 7.39. The van der Waals surface area contributed by atoms with E-state index in [1.165, 1.54) is 18.5 Å². The summed E-state index contributed by atoms with van der Waals surface area (Å²) in [5.41, 5.74) is 12.0. The standard InChI is InChI=1S/C24H35N5/c1-6-8-10-20(7-2)27-21-13-15-22(16-14-21)28-24-12-9-11-23(29-24)17(3)18(4)26-19(5)25/h7,11,13-16,27H,6,8-10,12H2,1-5H3,(H2,25,26)(H,28,29)/b18-17+,20-7+. The smallest absolute Gasteiger partial charge is 0.107 e. The Morgan fingerprint density at radius 3 is 2.48 bits per heavy atom. The minimum Gasteiger partial charge on any atom is -0.387 e. The Balaban J connectivity index is 2.05. The van der Waals surface area contributed by atoms with E-state index in [2.05, 4.69) is 65.9 Å². The third kappa shape index (κ3) is 7.26. The van der Waals surface area contributed by atoms with Crippen LogP contribution in [0.25, 0.3) is 0 Å². The molecule has 0 bridgehead atoms. The van der Waals surface area contributed by atoms with Gasteiger partial charge in [-0.3, -0.25) is 0 Å². The van der Waals surface area contributed by atoms with Crippen LogP contribution in [0, 0.1) is 0 Å². The summed E-state index contributed by atoms with van der Waals surface area (Å²) < 4.78 is 0. The van der Waals surface area contributed by atoms with Crippen molar-refractivity contribution in [3.63, 3.8) is 0 Å². The number of unbranched alkanes of at least 4 members (excludes halogenated alkanes) is 1. The molecule has 1 aromatic rings. The Morgan fingerprint density at radius 1 is 1.17 bits per heavy atom. The molecule has 0 spiro atoms. The molecule has 1 aliphatic rings. The summed E-state index contributed by atoms with van der Waals surface area (Å²) in [6.45, 7) is 10.1. The summed E-state index contributed by atoms with van der Waals surface area (Å²) in [7, 11) is 0. The summed E-state index contributed by atoms with van der Waals surface area (Å²) in [6, 6.07) is 8.38. The van der Waals surface area contributed by atoms with Crippen LogP contribution in [0.15, 0.2) is 69.1 Å². The van der Waals surface area contributed by atoms with E-state index >= 15 is 0 Å². The highest BCUT2D eigenvalue weighted by Crippen LogP contribution is 2.23. The van der Waals surface area contributed by atoms with Gasteiger partial charge in [0.25, 0.3) is 0 Å². The summed E-state index contributed by atoms with van der Waals surface area (Å²) in [5.74, 6) is 1.53. The quantitative estimate of drug-likeness (QED) is 0.356. The summed E-state index contributed by atoms with van der Waals surface area (Å²) in [6.07, 6.45) is 9.65. The third-order valence-electron chi connectivity index (χ3n) is 4.87. The van der Waals surface area contributed by atoms with Crippen molar-refractivity contribution < 1.29 is 0 Å². The van der Waals surface area contributed by atoms with Crippen LogP contribution in [0.4, 0.5) is 11.4 Å². The van der Waals surface area contributed by atoms with Gasteiger partial charge in [0.05, 0.1) is 11.5 Å². The lowest BCUT2D eigenvalue weighted by atomic mass is 10.1. The van der Waals surface area contributed by atoms with Crippen molar-refractivity contribution in [1.82, 2.24) is 0 Å². The zero-order chi connectivity index (χ0) is 21.2. The highest BCUT2D eigenvalue weighted by Gasteiger charge is 2.11. The first-order valence-corrected chi connectivity index (χ1v) is 10.5. The van der Waals surface area contributed by atoms with Crippen molar-refractivity contribution in [3.05, 3.63) is 59.1 Å². The van der Waals surface area contributed by atoms with Gasteiger partial charge in [0, 0.05) is 29.2 Å². The van der Waals surface area contributed by atoms with Crippen LogP contribution in [0.5, 0.6) is 0 Å². The largest absolute Gasteiger partial charge is 0.387 e. The molecule has 5 nitrogen and oxygen atoms in total. The first-order chi connectivity index (χ1) is 13.9. The number of rotatable bonds is 8. The first-order valence-electron chi connectivity index (χ1n) is 10.5. The van der Waals surface area contributed by atoms with E-state index in [-0.39, 0.29) is 0 Å². The lowest BCUT2D eigenvalue weighted by Gasteiger charge is -2.16. The molecule has 1 aliphatic heterocycles. The highest BCUT2D eigenvalue weighted by atomic mass is 15.0. The average molecular weight is 394 g/mol. The Bertz CT molecular complexity index is 835. The number of anilines is 2. The predicted octanol–water partition coefficient (Wildman–Crippen LogP) is 6.35. The second-order valence-electron chi connectivity index (χ2n) is 7.39. The minimum atomic E-state index is 0.560. The lowest BCUT2D eigenvalue weighted by molar-refractivity contribution is 0.789. The number of aliphatic imine (C=N–C) groups is 2. The number of benzene rings is 1. The molecule has 0 amide bonds. The fourth-order valence-electron chi connectivity index (χ4n) is 3.09. The van der Waals surface area contributed by atoms with Crippen LogP contribution >= 0.6 is 0 Å². The van der Waals surface area contributed by atoms with Crippen molar-refractivity contribution in [2.45, 2.75) is 66.7 Å². The third-order valence-corrected chi connectivity index (χ3v) is 4.87. The van der Waals surface area contributed by atoms with Crippen LogP contribution in [0.3, 0.4) is 0 Å². The lowest BCUT2D eigenvalue weighted by Crippen LogP contribution is -2.15. The van der Waals surface area contributed by atoms with Crippen LogP contribution < -0.4 is 16.4 Å². The molecule has 0 aliphatic carbocycles. The molecule has 0 aromatic heterocycles. The number of hydrogen-bond acceptors (Lipinski definition) is 4. The summed E-state index contributed by atoms with van der Waals surface area (Å²) in [4.78, 5) is 9.15. The van der Waals surface area contributed by atoms with Gasteiger partial charge in [-0.1, -0.05) is 25.5 Å². The Labute approximate surface area is 175 Å². The molecular formula is C24H35N5. The number of allylic oxidation sites excluding steroid dienone is 5. The van der Waals surface area contributed by atoms with Gasteiger partial charge in [0.2, 0.25) is 0 Å². The molecule has 0 saturated heterocycles. The van der Waals surface area contributed by atoms with Gasteiger partial charge in [-0.25, -0.2) is 9.98 Å². The number of nitrogens with two attached hydrogens (primary N) is 1. The van der Waals surface area contributed by atoms with Crippen LogP contribution in [0.2, 0.25) is 0 Å². The monoisotopic (exact) mass is 393 g/mol. The number of hydrogen-bond donors (Lipinski definition) is 3. The van der Waals surface area contributed by atoms with Crippen molar-refractivity contribution in [2.75, 3.05) is 10.6 Å². The number of amidine groups is 2. The zero-order valence-corrected chi connectivity index (χ0v) is 18.5. The maximum absolute atomic E-state index is 5.70. The predicted molar refractivity (Wildman–Crippen MR) is 127 cm³/mol. The summed E-state index contributed by atoms with van der Waals surface area (Å²) in [5, 5.41) is 6.97. The maximum atomic E-state index is 5.70. The molecule has 2 rings (SSSR count). The van der Waals surface area contributed by atoms with E-state index in [0.29, 0.717) is 5.84 Å². The molecule has 0 atom stereocenters. The van der Waals surface area contributed by atoms with Gasteiger partial charge in [-0.15, -0.1) is 0 Å². The molecule has 1 aromatic carbocycles. The van der Waals surface area contributed by atoms with Crippen molar-refractivity contribution in [3.8, 4) is 0 Å². The van der Waals surface area contributed by atoms with Gasteiger partial charge in [0.15, 0.2) is 0 Å². The molecule has 0 fully saturated rings. The van der Waals surface area contributed by atoms with Crippen LogP contribution in [0.1, 0.15) is 66.7 Å². The number of nitrogens with zero attached hydrogens (tertiary/aromatic N) is 2. The Kier molecular flexibility index (Phi) is 8.71. The Morgan fingerprint density at radius 2 is 1.86 bits per heavy atom.